The molecule has 1 fully saturated rings. The summed E-state index contributed by atoms with van der Waals surface area (Å²) in [5, 5.41) is 2.91. The van der Waals surface area contributed by atoms with E-state index in [1.54, 1.807) is 50.4 Å². The number of nitrogens with one attached hydrogen (secondary N) is 2. The number of rotatable bonds is 14. The van der Waals surface area contributed by atoms with Crippen LogP contribution >= 0.6 is 0 Å². The van der Waals surface area contributed by atoms with Crippen molar-refractivity contribution in [3.63, 3.8) is 0 Å². The molecule has 0 heterocycles. The molecule has 0 saturated heterocycles. The predicted molar refractivity (Wildman–Crippen MR) is 154 cm³/mol. The van der Waals surface area contributed by atoms with Crippen molar-refractivity contribution in [2.45, 2.75) is 62.6 Å². The van der Waals surface area contributed by atoms with E-state index in [1.165, 1.54) is 17.0 Å². The summed E-state index contributed by atoms with van der Waals surface area (Å²) in [5.74, 6) is -0.146. The van der Waals surface area contributed by atoms with Gasteiger partial charge in [-0.1, -0.05) is 36.4 Å². The first kappa shape index (κ1) is 30.2. The van der Waals surface area contributed by atoms with Crippen LogP contribution in [0.1, 0.15) is 42.9 Å². The lowest BCUT2D eigenvalue weighted by atomic mass is 10.1. The zero-order valence-electron chi connectivity index (χ0n) is 23.3. The number of hydrogen-bond donors (Lipinski definition) is 2. The Morgan fingerprint density at radius 2 is 1.51 bits per heavy atom. The van der Waals surface area contributed by atoms with Crippen LogP contribution in [0.2, 0.25) is 0 Å². The van der Waals surface area contributed by atoms with Crippen molar-refractivity contribution in [1.29, 1.82) is 0 Å². The molecule has 0 bridgehead atoms. The van der Waals surface area contributed by atoms with Gasteiger partial charge in [0.1, 0.15) is 17.6 Å². The van der Waals surface area contributed by atoms with Crippen LogP contribution in [0.15, 0.2) is 77.7 Å². The fourth-order valence-corrected chi connectivity index (χ4v) is 5.66. The molecule has 218 valence electrons. The second-order valence-corrected chi connectivity index (χ2v) is 12.0. The van der Waals surface area contributed by atoms with E-state index in [2.05, 4.69) is 10.0 Å². The highest BCUT2D eigenvalue weighted by molar-refractivity contribution is 7.89. The molecule has 8 nitrogen and oxygen atoms in total. The third-order valence-corrected chi connectivity index (χ3v) is 8.60. The van der Waals surface area contributed by atoms with E-state index >= 15 is 0 Å². The third kappa shape index (κ3) is 8.86. The zero-order valence-corrected chi connectivity index (χ0v) is 24.1. The number of nitrogens with zero attached hydrogens (tertiary/aromatic N) is 1. The van der Waals surface area contributed by atoms with Gasteiger partial charge in [0.2, 0.25) is 21.8 Å². The third-order valence-electron chi connectivity index (χ3n) is 7.07. The molecule has 3 aromatic carbocycles. The maximum atomic E-state index is 13.5. The van der Waals surface area contributed by atoms with E-state index in [9.17, 15) is 22.4 Å². The SMILES string of the molecule is COc1ccc(CCNC(=O)C(C)N(Cc2ccc(F)cc2)C(=O)CCc2ccc(S(=O)(=O)NC3CC3)cc2)cc1. The van der Waals surface area contributed by atoms with Crippen molar-refractivity contribution in [2.24, 2.45) is 0 Å². The summed E-state index contributed by atoms with van der Waals surface area (Å²) in [6.45, 7) is 2.23. The summed E-state index contributed by atoms with van der Waals surface area (Å²) in [7, 11) is -1.94. The minimum atomic E-state index is -3.55. The van der Waals surface area contributed by atoms with Gasteiger partial charge in [-0.15, -0.1) is 0 Å². The fraction of sp³-hybridized carbons (Fsp3) is 0.355. The van der Waals surface area contributed by atoms with Crippen LogP contribution in [-0.2, 0) is 39.0 Å². The Kier molecular flexibility index (Phi) is 10.1. The molecular weight excluding hydrogens is 545 g/mol. The molecule has 1 unspecified atom stereocenters. The van der Waals surface area contributed by atoms with Gasteiger partial charge in [-0.2, -0.15) is 0 Å². The first-order valence-electron chi connectivity index (χ1n) is 13.7. The number of sulfonamides is 1. The molecule has 0 aromatic heterocycles. The number of hydrogen-bond acceptors (Lipinski definition) is 5. The lowest BCUT2D eigenvalue weighted by Gasteiger charge is -2.29. The molecule has 2 N–H and O–H groups in total. The second kappa shape index (κ2) is 13.7. The van der Waals surface area contributed by atoms with Crippen LogP contribution in [-0.4, -0.2) is 50.9 Å². The molecule has 0 radical (unpaired) electrons. The van der Waals surface area contributed by atoms with Crippen LogP contribution < -0.4 is 14.8 Å². The van der Waals surface area contributed by atoms with E-state index in [0.29, 0.717) is 24.9 Å². The summed E-state index contributed by atoms with van der Waals surface area (Å²) < 4.78 is 46.2. The zero-order chi connectivity index (χ0) is 29.4. The highest BCUT2D eigenvalue weighted by Crippen LogP contribution is 2.22. The molecule has 1 aliphatic rings. The van der Waals surface area contributed by atoms with E-state index < -0.39 is 16.1 Å². The Bertz CT molecular complexity index is 1420. The van der Waals surface area contributed by atoms with Gasteiger partial charge in [-0.05, 0) is 85.7 Å². The minimum absolute atomic E-state index is 0.0195. The van der Waals surface area contributed by atoms with E-state index in [4.69, 9.17) is 4.74 Å². The number of halogens is 1. The molecule has 1 atom stereocenters. The van der Waals surface area contributed by atoms with Gasteiger partial charge in [0.15, 0.2) is 0 Å². The number of aryl methyl sites for hydroxylation is 1. The molecule has 10 heteroatoms. The first-order valence-corrected chi connectivity index (χ1v) is 15.2. The second-order valence-electron chi connectivity index (χ2n) is 10.3. The van der Waals surface area contributed by atoms with E-state index in [1.807, 2.05) is 24.3 Å². The van der Waals surface area contributed by atoms with Crippen LogP contribution in [0.3, 0.4) is 0 Å². The summed E-state index contributed by atoms with van der Waals surface area (Å²) in [6, 6.07) is 19.2. The number of ether oxygens (including phenoxy) is 1. The fourth-order valence-electron chi connectivity index (χ4n) is 4.36. The maximum absolute atomic E-state index is 13.5. The predicted octanol–water partition coefficient (Wildman–Crippen LogP) is 3.98. The van der Waals surface area contributed by atoms with Gasteiger partial charge in [-0.3, -0.25) is 9.59 Å². The van der Waals surface area contributed by atoms with Crippen molar-refractivity contribution in [3.8, 4) is 5.75 Å². The lowest BCUT2D eigenvalue weighted by molar-refractivity contribution is -0.140. The van der Waals surface area contributed by atoms with E-state index in [0.717, 1.165) is 29.7 Å². The Morgan fingerprint density at radius 1 is 0.927 bits per heavy atom. The lowest BCUT2D eigenvalue weighted by Crippen LogP contribution is -2.48. The number of amides is 2. The molecule has 0 spiro atoms. The molecule has 4 rings (SSSR count). The topological polar surface area (TPSA) is 105 Å². The monoisotopic (exact) mass is 581 g/mol. The van der Waals surface area contributed by atoms with Gasteiger partial charge in [-0.25, -0.2) is 17.5 Å². The average Bonchev–Trinajstić information content (AvgIpc) is 3.79. The van der Waals surface area contributed by atoms with Crippen molar-refractivity contribution < 1.29 is 27.1 Å². The molecule has 1 saturated carbocycles. The van der Waals surface area contributed by atoms with Crippen molar-refractivity contribution in [2.75, 3.05) is 13.7 Å². The molecular formula is C31H36FN3O5S. The van der Waals surface area contributed by atoms with Gasteiger partial charge < -0.3 is 15.0 Å². The molecule has 0 aliphatic heterocycles. The first-order chi connectivity index (χ1) is 19.6. The smallest absolute Gasteiger partial charge is 0.242 e. The molecule has 3 aromatic rings. The highest BCUT2D eigenvalue weighted by Gasteiger charge is 2.28. The molecule has 2 amide bonds. The Balaban J connectivity index is 1.37. The Labute approximate surface area is 241 Å². The standard InChI is InChI=1S/C31H36FN3O5S/c1-22(31(37)33-20-19-24-5-14-28(40-2)15-6-24)35(21-25-3-10-26(32)11-4-25)30(36)18-9-23-7-16-29(17-8-23)41(38,39)34-27-12-13-27/h3-8,10-11,14-17,22,27,34H,9,12-13,18-21H2,1-2H3,(H,33,37). The van der Waals surface area contributed by atoms with Crippen molar-refractivity contribution in [3.05, 3.63) is 95.3 Å². The highest BCUT2D eigenvalue weighted by atomic mass is 32.2. The summed E-state index contributed by atoms with van der Waals surface area (Å²) in [4.78, 5) is 28.1. The van der Waals surface area contributed by atoms with Gasteiger partial charge in [0.05, 0.1) is 12.0 Å². The number of carbonyl (C=O) groups excluding carboxylic acids is 2. The maximum Gasteiger partial charge on any atom is 0.242 e. The van der Waals surface area contributed by atoms with Crippen LogP contribution in [0.5, 0.6) is 5.75 Å². The van der Waals surface area contributed by atoms with Crippen molar-refractivity contribution in [1.82, 2.24) is 14.9 Å². The average molecular weight is 582 g/mol. The number of methoxy groups -OCH3 is 1. The largest absolute Gasteiger partial charge is 0.497 e. The van der Waals surface area contributed by atoms with E-state index in [-0.39, 0.29) is 41.5 Å². The summed E-state index contributed by atoms with van der Waals surface area (Å²) in [5.41, 5.74) is 2.55. The number of benzene rings is 3. The van der Waals surface area contributed by atoms with Crippen molar-refractivity contribution >= 4 is 21.8 Å². The minimum Gasteiger partial charge on any atom is -0.497 e. The van der Waals surface area contributed by atoms with Gasteiger partial charge >= 0.3 is 0 Å². The van der Waals surface area contributed by atoms with Crippen LogP contribution in [0.25, 0.3) is 0 Å². The van der Waals surface area contributed by atoms with Crippen LogP contribution in [0, 0.1) is 5.82 Å². The summed E-state index contributed by atoms with van der Waals surface area (Å²) >= 11 is 0. The van der Waals surface area contributed by atoms with Crippen LogP contribution in [0.4, 0.5) is 4.39 Å². The summed E-state index contributed by atoms with van der Waals surface area (Å²) in [6.07, 6.45) is 2.83. The molecule has 1 aliphatic carbocycles. The van der Waals surface area contributed by atoms with Gasteiger partial charge in [0.25, 0.3) is 0 Å². The Hall–Kier alpha value is -3.76. The number of carbonyl (C=O) groups is 2. The normalized spacial score (nSPS) is 13.8. The van der Waals surface area contributed by atoms with Gasteiger partial charge in [0, 0.05) is 25.6 Å². The quantitative estimate of drug-likeness (QED) is 0.300. The molecule has 41 heavy (non-hydrogen) atoms. The Morgan fingerprint density at radius 3 is 2.12 bits per heavy atom.